The molecule has 0 aliphatic heterocycles. The molecule has 0 fully saturated rings. The number of nitrogens with one attached hydrogen (secondary N) is 1. The number of ether oxygens (including phenoxy) is 1. The van der Waals surface area contributed by atoms with Crippen molar-refractivity contribution in [3.63, 3.8) is 0 Å². The van der Waals surface area contributed by atoms with Gasteiger partial charge in [-0.2, -0.15) is 0 Å². The summed E-state index contributed by atoms with van der Waals surface area (Å²) in [5.41, 5.74) is 4.41. The molecule has 1 heterocycles. The van der Waals surface area contributed by atoms with Crippen LogP contribution in [0, 0.1) is 13.8 Å². The Kier molecular flexibility index (Phi) is 5.28. The van der Waals surface area contributed by atoms with Gasteiger partial charge >= 0.3 is 0 Å². The summed E-state index contributed by atoms with van der Waals surface area (Å²) in [6, 6.07) is 4.24. The van der Waals surface area contributed by atoms with Gasteiger partial charge in [0.15, 0.2) is 0 Å². The predicted octanol–water partition coefficient (Wildman–Crippen LogP) is 3.19. The Morgan fingerprint density at radius 3 is 2.67 bits per heavy atom. The highest BCUT2D eigenvalue weighted by molar-refractivity contribution is 5.48. The second-order valence-electron chi connectivity index (χ2n) is 5.15. The first-order valence-corrected chi connectivity index (χ1v) is 7.32. The van der Waals surface area contributed by atoms with Crippen LogP contribution in [0.15, 0.2) is 30.7 Å². The fraction of sp³-hybridized carbons (Fsp3) is 0.412. The molecular formula is C17H23N3O. The number of nitrogens with zero attached hydrogens (tertiary/aromatic N) is 2. The van der Waals surface area contributed by atoms with Gasteiger partial charge in [-0.05, 0) is 37.9 Å². The van der Waals surface area contributed by atoms with Crippen LogP contribution in [0.5, 0.6) is 5.75 Å². The average molecular weight is 285 g/mol. The minimum Gasteiger partial charge on any atom is -0.496 e. The molecule has 4 heteroatoms. The van der Waals surface area contributed by atoms with E-state index in [1.54, 1.807) is 19.5 Å². The fourth-order valence-electron chi connectivity index (χ4n) is 2.43. The normalized spacial score (nSPS) is 12.2. The second-order valence-corrected chi connectivity index (χ2v) is 5.15. The second kappa shape index (κ2) is 7.18. The van der Waals surface area contributed by atoms with Crippen LogP contribution in [0.2, 0.25) is 0 Å². The lowest BCUT2D eigenvalue weighted by Gasteiger charge is -2.22. The minimum atomic E-state index is -0.00657. The average Bonchev–Trinajstić information content (AvgIpc) is 2.52. The Hall–Kier alpha value is -1.94. The maximum atomic E-state index is 5.65. The SMILES string of the molecule is CCCNC(c1cnccn1)c1ccc(C)c(C)c1OC. The lowest BCUT2D eigenvalue weighted by Crippen LogP contribution is -2.25. The highest BCUT2D eigenvalue weighted by atomic mass is 16.5. The van der Waals surface area contributed by atoms with E-state index in [-0.39, 0.29) is 6.04 Å². The number of aromatic nitrogens is 2. The molecule has 1 N–H and O–H groups in total. The number of rotatable bonds is 6. The first-order valence-electron chi connectivity index (χ1n) is 7.32. The molecule has 0 bridgehead atoms. The molecule has 1 unspecified atom stereocenters. The number of methoxy groups -OCH3 is 1. The van der Waals surface area contributed by atoms with Gasteiger partial charge in [0, 0.05) is 18.0 Å². The molecule has 0 aliphatic carbocycles. The van der Waals surface area contributed by atoms with Gasteiger partial charge in [-0.3, -0.25) is 9.97 Å². The van der Waals surface area contributed by atoms with Gasteiger partial charge in [0.05, 0.1) is 25.0 Å². The zero-order chi connectivity index (χ0) is 15.2. The van der Waals surface area contributed by atoms with Crippen molar-refractivity contribution in [1.29, 1.82) is 0 Å². The van der Waals surface area contributed by atoms with Gasteiger partial charge in [0.1, 0.15) is 5.75 Å². The molecule has 21 heavy (non-hydrogen) atoms. The molecule has 1 atom stereocenters. The summed E-state index contributed by atoms with van der Waals surface area (Å²) in [6.07, 6.45) is 6.29. The van der Waals surface area contributed by atoms with Crippen LogP contribution in [0.3, 0.4) is 0 Å². The van der Waals surface area contributed by atoms with Gasteiger partial charge in [0.25, 0.3) is 0 Å². The Morgan fingerprint density at radius 2 is 2.05 bits per heavy atom. The summed E-state index contributed by atoms with van der Waals surface area (Å²) in [7, 11) is 1.72. The number of benzene rings is 1. The minimum absolute atomic E-state index is 0.00657. The zero-order valence-corrected chi connectivity index (χ0v) is 13.2. The van der Waals surface area contributed by atoms with Crippen LogP contribution in [-0.2, 0) is 0 Å². The molecule has 112 valence electrons. The number of aryl methyl sites for hydroxylation is 1. The molecule has 0 aliphatic rings. The van der Waals surface area contributed by atoms with Crippen molar-refractivity contribution < 1.29 is 4.74 Å². The summed E-state index contributed by atoms with van der Waals surface area (Å²) < 4.78 is 5.65. The summed E-state index contributed by atoms with van der Waals surface area (Å²) in [4.78, 5) is 8.65. The third-order valence-corrected chi connectivity index (χ3v) is 3.70. The van der Waals surface area contributed by atoms with Crippen LogP contribution < -0.4 is 10.1 Å². The molecular weight excluding hydrogens is 262 g/mol. The van der Waals surface area contributed by atoms with E-state index in [0.29, 0.717) is 0 Å². The maximum absolute atomic E-state index is 5.65. The van der Waals surface area contributed by atoms with Crippen molar-refractivity contribution in [1.82, 2.24) is 15.3 Å². The molecule has 0 radical (unpaired) electrons. The molecule has 2 rings (SSSR count). The zero-order valence-electron chi connectivity index (χ0n) is 13.2. The third-order valence-electron chi connectivity index (χ3n) is 3.70. The van der Waals surface area contributed by atoms with Crippen molar-refractivity contribution in [2.24, 2.45) is 0 Å². The molecule has 0 saturated heterocycles. The predicted molar refractivity (Wildman–Crippen MR) is 84.6 cm³/mol. The van der Waals surface area contributed by atoms with Crippen molar-refractivity contribution in [3.05, 3.63) is 53.1 Å². The summed E-state index contributed by atoms with van der Waals surface area (Å²) >= 11 is 0. The smallest absolute Gasteiger partial charge is 0.127 e. The first kappa shape index (κ1) is 15.4. The summed E-state index contributed by atoms with van der Waals surface area (Å²) in [6.45, 7) is 7.25. The summed E-state index contributed by atoms with van der Waals surface area (Å²) in [5, 5.41) is 3.54. The fourth-order valence-corrected chi connectivity index (χ4v) is 2.43. The largest absolute Gasteiger partial charge is 0.496 e. The van der Waals surface area contributed by atoms with Gasteiger partial charge in [-0.25, -0.2) is 0 Å². The Bertz CT molecular complexity index is 584. The molecule has 1 aromatic carbocycles. The Morgan fingerprint density at radius 1 is 1.24 bits per heavy atom. The first-order chi connectivity index (χ1) is 10.2. The van der Waals surface area contributed by atoms with Crippen molar-refractivity contribution in [3.8, 4) is 5.75 Å². The van der Waals surface area contributed by atoms with Gasteiger partial charge < -0.3 is 10.1 Å². The van der Waals surface area contributed by atoms with E-state index in [0.717, 1.165) is 30.0 Å². The molecule has 0 amide bonds. The van der Waals surface area contributed by atoms with E-state index in [4.69, 9.17) is 4.74 Å². The van der Waals surface area contributed by atoms with Crippen molar-refractivity contribution in [2.75, 3.05) is 13.7 Å². The standard InChI is InChI=1S/C17H23N3O/c1-5-8-20-16(15-11-18-9-10-19-15)14-7-6-12(2)13(3)17(14)21-4/h6-7,9-11,16,20H,5,8H2,1-4H3. The van der Waals surface area contributed by atoms with Crippen LogP contribution in [0.1, 0.15) is 41.8 Å². The van der Waals surface area contributed by atoms with Crippen molar-refractivity contribution >= 4 is 0 Å². The molecule has 2 aromatic rings. The van der Waals surface area contributed by atoms with Crippen LogP contribution >= 0.6 is 0 Å². The molecule has 4 nitrogen and oxygen atoms in total. The maximum Gasteiger partial charge on any atom is 0.127 e. The Labute approximate surface area is 126 Å². The van der Waals surface area contributed by atoms with E-state index in [9.17, 15) is 0 Å². The van der Waals surface area contributed by atoms with E-state index in [1.807, 2.05) is 6.20 Å². The van der Waals surface area contributed by atoms with Gasteiger partial charge in [0.2, 0.25) is 0 Å². The quantitative estimate of drug-likeness (QED) is 0.885. The van der Waals surface area contributed by atoms with Crippen LogP contribution in [0.4, 0.5) is 0 Å². The van der Waals surface area contributed by atoms with Crippen LogP contribution in [0.25, 0.3) is 0 Å². The Balaban J connectivity index is 2.49. The van der Waals surface area contributed by atoms with E-state index >= 15 is 0 Å². The monoisotopic (exact) mass is 285 g/mol. The highest BCUT2D eigenvalue weighted by Gasteiger charge is 2.20. The molecule has 1 aromatic heterocycles. The van der Waals surface area contributed by atoms with Gasteiger partial charge in [-0.1, -0.05) is 19.1 Å². The lowest BCUT2D eigenvalue weighted by molar-refractivity contribution is 0.399. The van der Waals surface area contributed by atoms with E-state index in [2.05, 4.69) is 48.2 Å². The van der Waals surface area contributed by atoms with E-state index in [1.165, 1.54) is 11.1 Å². The number of hydrogen-bond acceptors (Lipinski definition) is 4. The lowest BCUT2D eigenvalue weighted by atomic mass is 9.97. The van der Waals surface area contributed by atoms with Gasteiger partial charge in [-0.15, -0.1) is 0 Å². The number of hydrogen-bond donors (Lipinski definition) is 1. The third kappa shape index (κ3) is 3.39. The molecule has 0 spiro atoms. The topological polar surface area (TPSA) is 47.0 Å². The van der Waals surface area contributed by atoms with E-state index < -0.39 is 0 Å². The van der Waals surface area contributed by atoms with Crippen molar-refractivity contribution in [2.45, 2.75) is 33.2 Å². The van der Waals surface area contributed by atoms with Crippen LogP contribution in [-0.4, -0.2) is 23.6 Å². The molecule has 0 saturated carbocycles. The highest BCUT2D eigenvalue weighted by Crippen LogP contribution is 2.33. The summed E-state index contributed by atoms with van der Waals surface area (Å²) in [5.74, 6) is 0.925.